The maximum Gasteiger partial charge on any atom is 0.133 e. The summed E-state index contributed by atoms with van der Waals surface area (Å²) in [6.07, 6.45) is 0.458. The molecule has 1 nitrogen and oxygen atoms in total. The smallest absolute Gasteiger partial charge is 0.133 e. The summed E-state index contributed by atoms with van der Waals surface area (Å²) in [5.74, 6) is -2.53. The van der Waals surface area contributed by atoms with Crippen LogP contribution in [0.1, 0.15) is 31.9 Å². The Balaban J connectivity index is 3.03. The van der Waals surface area contributed by atoms with Gasteiger partial charge in [-0.1, -0.05) is 13.8 Å². The van der Waals surface area contributed by atoms with Crippen LogP contribution in [0.5, 0.6) is 0 Å². The van der Waals surface area contributed by atoms with Crippen molar-refractivity contribution in [1.82, 2.24) is 0 Å². The topological polar surface area (TPSA) is 26.0 Å². The van der Waals surface area contributed by atoms with Gasteiger partial charge >= 0.3 is 0 Å². The third kappa shape index (κ3) is 2.96. The van der Waals surface area contributed by atoms with Gasteiger partial charge in [0, 0.05) is 23.7 Å². The lowest BCUT2D eigenvalue weighted by Gasteiger charge is -2.15. The number of hydrogen-bond donors (Lipinski definition) is 1. The first kappa shape index (κ1) is 12.0. The van der Waals surface area contributed by atoms with E-state index in [-0.39, 0.29) is 11.5 Å². The van der Waals surface area contributed by atoms with Crippen LogP contribution in [-0.2, 0) is 0 Å². The van der Waals surface area contributed by atoms with Crippen LogP contribution in [0.2, 0.25) is 0 Å². The van der Waals surface area contributed by atoms with E-state index in [0.29, 0.717) is 18.6 Å². The van der Waals surface area contributed by atoms with Gasteiger partial charge in [0.1, 0.15) is 17.5 Å². The fourth-order valence-corrected chi connectivity index (χ4v) is 1.53. The lowest BCUT2D eigenvalue weighted by Crippen LogP contribution is -2.16. The molecule has 1 aromatic carbocycles. The highest BCUT2D eigenvalue weighted by Crippen LogP contribution is 2.24. The molecule has 0 amide bonds. The summed E-state index contributed by atoms with van der Waals surface area (Å²) in [6, 6.07) is 0.572. The van der Waals surface area contributed by atoms with E-state index in [1.165, 1.54) is 0 Å². The predicted octanol–water partition coefficient (Wildman–Crippen LogP) is 3.15. The Morgan fingerprint density at radius 2 is 1.60 bits per heavy atom. The highest BCUT2D eigenvalue weighted by atomic mass is 19.1. The molecule has 0 saturated heterocycles. The third-order valence-corrected chi connectivity index (χ3v) is 2.14. The van der Waals surface area contributed by atoms with E-state index in [0.717, 1.165) is 0 Å². The first-order chi connectivity index (χ1) is 6.91. The van der Waals surface area contributed by atoms with Gasteiger partial charge in [0.2, 0.25) is 0 Å². The van der Waals surface area contributed by atoms with Gasteiger partial charge in [0.05, 0.1) is 0 Å². The van der Waals surface area contributed by atoms with Gasteiger partial charge in [-0.25, -0.2) is 13.2 Å². The molecule has 84 valence electrons. The molecular weight excluding hydrogens is 203 g/mol. The van der Waals surface area contributed by atoms with Gasteiger partial charge in [0.15, 0.2) is 0 Å². The molecule has 2 N–H and O–H groups in total. The highest BCUT2D eigenvalue weighted by Gasteiger charge is 2.18. The molecule has 1 atom stereocenters. The van der Waals surface area contributed by atoms with Crippen LogP contribution in [0.25, 0.3) is 0 Å². The fraction of sp³-hybridized carbons (Fsp3) is 0.455. The lowest BCUT2D eigenvalue weighted by atomic mass is 9.97. The second kappa shape index (κ2) is 4.66. The maximum absolute atomic E-state index is 13.3. The van der Waals surface area contributed by atoms with E-state index in [2.05, 4.69) is 0 Å². The van der Waals surface area contributed by atoms with Gasteiger partial charge in [-0.3, -0.25) is 0 Å². The van der Waals surface area contributed by atoms with Crippen LogP contribution in [0.3, 0.4) is 0 Å². The minimum Gasteiger partial charge on any atom is -0.324 e. The van der Waals surface area contributed by atoms with Crippen LogP contribution in [0, 0.1) is 23.4 Å². The first-order valence-electron chi connectivity index (χ1n) is 4.81. The third-order valence-electron chi connectivity index (χ3n) is 2.14. The van der Waals surface area contributed by atoms with E-state index >= 15 is 0 Å². The Hall–Kier alpha value is -1.03. The van der Waals surface area contributed by atoms with Crippen molar-refractivity contribution in [2.24, 2.45) is 11.7 Å². The monoisotopic (exact) mass is 217 g/mol. The summed E-state index contributed by atoms with van der Waals surface area (Å²) in [7, 11) is 0. The molecule has 0 aromatic heterocycles. The number of benzene rings is 1. The van der Waals surface area contributed by atoms with Crippen LogP contribution < -0.4 is 5.73 Å². The average molecular weight is 217 g/mol. The Bertz CT molecular complexity index is 327. The molecular formula is C11H14F3N. The Labute approximate surface area is 87.1 Å². The average Bonchev–Trinajstić information content (AvgIpc) is 1.99. The van der Waals surface area contributed by atoms with Gasteiger partial charge < -0.3 is 5.73 Å². The van der Waals surface area contributed by atoms with Crippen LogP contribution in [0.15, 0.2) is 12.1 Å². The Morgan fingerprint density at radius 3 is 2.00 bits per heavy atom. The van der Waals surface area contributed by atoms with Crippen molar-refractivity contribution in [2.45, 2.75) is 26.3 Å². The number of hydrogen-bond acceptors (Lipinski definition) is 1. The van der Waals surface area contributed by atoms with Crippen molar-refractivity contribution in [3.05, 3.63) is 35.1 Å². The molecule has 0 fully saturated rings. The first-order valence-corrected chi connectivity index (χ1v) is 4.81. The molecule has 0 saturated carbocycles. The summed E-state index contributed by atoms with van der Waals surface area (Å²) < 4.78 is 39.1. The highest BCUT2D eigenvalue weighted by molar-refractivity contribution is 5.23. The van der Waals surface area contributed by atoms with E-state index in [1.54, 1.807) is 0 Å². The molecule has 1 aromatic rings. The molecule has 0 heterocycles. The molecule has 1 rings (SSSR count). The molecule has 0 radical (unpaired) electrons. The van der Waals surface area contributed by atoms with Crippen molar-refractivity contribution in [3.8, 4) is 0 Å². The van der Waals surface area contributed by atoms with Crippen molar-refractivity contribution in [3.63, 3.8) is 0 Å². The van der Waals surface area contributed by atoms with E-state index in [4.69, 9.17) is 5.73 Å². The lowest BCUT2D eigenvalue weighted by molar-refractivity contribution is 0.455. The number of halogens is 3. The zero-order valence-corrected chi connectivity index (χ0v) is 8.73. The van der Waals surface area contributed by atoms with Gasteiger partial charge in [-0.2, -0.15) is 0 Å². The molecule has 0 aliphatic rings. The predicted molar refractivity (Wildman–Crippen MR) is 52.7 cm³/mol. The van der Waals surface area contributed by atoms with Crippen molar-refractivity contribution in [2.75, 3.05) is 0 Å². The largest absolute Gasteiger partial charge is 0.324 e. The molecule has 0 spiro atoms. The molecule has 0 aliphatic heterocycles. The summed E-state index contributed by atoms with van der Waals surface area (Å²) in [4.78, 5) is 0. The van der Waals surface area contributed by atoms with E-state index in [9.17, 15) is 13.2 Å². The Kier molecular flexibility index (Phi) is 3.74. The van der Waals surface area contributed by atoms with Crippen molar-refractivity contribution in [1.29, 1.82) is 0 Å². The van der Waals surface area contributed by atoms with E-state index in [1.807, 2.05) is 13.8 Å². The number of nitrogens with two attached hydrogens (primary N) is 1. The van der Waals surface area contributed by atoms with Crippen LogP contribution in [0.4, 0.5) is 13.2 Å². The van der Waals surface area contributed by atoms with Gasteiger partial charge in [-0.05, 0) is 12.3 Å². The van der Waals surface area contributed by atoms with Crippen LogP contribution >= 0.6 is 0 Å². The zero-order valence-electron chi connectivity index (χ0n) is 8.73. The summed E-state index contributed by atoms with van der Waals surface area (Å²) >= 11 is 0. The quantitative estimate of drug-likeness (QED) is 0.826. The summed E-state index contributed by atoms with van der Waals surface area (Å²) in [6.45, 7) is 3.80. The normalized spacial score (nSPS) is 13.3. The molecule has 15 heavy (non-hydrogen) atoms. The SMILES string of the molecule is CC(C)CC(N)c1c(F)cc(F)cc1F. The summed E-state index contributed by atoms with van der Waals surface area (Å²) in [5.41, 5.74) is 5.41. The van der Waals surface area contributed by atoms with Crippen molar-refractivity contribution < 1.29 is 13.2 Å². The van der Waals surface area contributed by atoms with Crippen molar-refractivity contribution >= 4 is 0 Å². The molecule has 1 unspecified atom stereocenters. The standard InChI is InChI=1S/C11H14F3N/c1-6(2)3-10(15)11-8(13)4-7(12)5-9(11)14/h4-6,10H,3,15H2,1-2H3. The fourth-order valence-electron chi connectivity index (χ4n) is 1.53. The van der Waals surface area contributed by atoms with Crippen LogP contribution in [-0.4, -0.2) is 0 Å². The molecule has 4 heteroatoms. The molecule has 0 aliphatic carbocycles. The maximum atomic E-state index is 13.3. The minimum absolute atomic E-state index is 0.226. The zero-order chi connectivity index (χ0) is 11.6. The van der Waals surface area contributed by atoms with Gasteiger partial charge in [-0.15, -0.1) is 0 Å². The van der Waals surface area contributed by atoms with E-state index < -0.39 is 23.5 Å². The minimum atomic E-state index is -0.925. The number of rotatable bonds is 3. The second-order valence-corrected chi connectivity index (χ2v) is 4.02. The second-order valence-electron chi connectivity index (χ2n) is 4.02. The molecule has 0 bridgehead atoms. The Morgan fingerprint density at radius 1 is 1.13 bits per heavy atom. The van der Waals surface area contributed by atoms with Gasteiger partial charge in [0.25, 0.3) is 0 Å². The summed E-state index contributed by atoms with van der Waals surface area (Å²) in [5, 5.41) is 0.